The molecule has 0 unspecified atom stereocenters. The van der Waals surface area contributed by atoms with E-state index < -0.39 is 9.84 Å². The van der Waals surface area contributed by atoms with Crippen molar-refractivity contribution >= 4 is 15.9 Å². The molecule has 2 aliphatic rings. The predicted octanol–water partition coefficient (Wildman–Crippen LogP) is -0.0522. The van der Waals surface area contributed by atoms with Crippen molar-refractivity contribution in [2.45, 2.75) is 25.6 Å². The summed E-state index contributed by atoms with van der Waals surface area (Å²) in [6, 6.07) is -0.611. The van der Waals surface area contributed by atoms with Gasteiger partial charge in [-0.25, -0.2) is 18.2 Å². The lowest BCUT2D eigenvalue weighted by molar-refractivity contribution is 0.0513. The largest absolute Gasteiger partial charge is 0.449 e. The van der Waals surface area contributed by atoms with Gasteiger partial charge in [0.2, 0.25) is 0 Å². The molecular weight excluding hydrogens is 320 g/mol. The molecule has 0 aliphatic carbocycles. The van der Waals surface area contributed by atoms with Gasteiger partial charge >= 0.3 is 6.03 Å². The highest BCUT2D eigenvalue weighted by atomic mass is 32.2. The monoisotopic (exact) mass is 342 g/mol. The molecule has 0 aromatic carbocycles. The van der Waals surface area contributed by atoms with Gasteiger partial charge in [-0.3, -0.25) is 4.90 Å². The third kappa shape index (κ3) is 3.20. The Bertz CT molecular complexity index is 699. The highest BCUT2D eigenvalue weighted by molar-refractivity contribution is 7.91. The van der Waals surface area contributed by atoms with Gasteiger partial charge < -0.3 is 14.2 Å². The number of aromatic nitrogens is 1. The van der Waals surface area contributed by atoms with Crippen molar-refractivity contribution in [1.82, 2.24) is 19.7 Å². The summed E-state index contributed by atoms with van der Waals surface area (Å²) in [5, 5.41) is 0. The van der Waals surface area contributed by atoms with Gasteiger partial charge in [-0.1, -0.05) is 0 Å². The number of piperazine rings is 1. The van der Waals surface area contributed by atoms with E-state index in [1.807, 2.05) is 0 Å². The van der Waals surface area contributed by atoms with Crippen LogP contribution in [0.15, 0.2) is 10.7 Å². The molecule has 2 aliphatic heterocycles. The van der Waals surface area contributed by atoms with E-state index in [9.17, 15) is 13.2 Å². The molecule has 0 saturated carbocycles. The van der Waals surface area contributed by atoms with Crippen LogP contribution >= 0.6 is 0 Å². The lowest BCUT2D eigenvalue weighted by atomic mass is 10.0. The Hall–Kier alpha value is -1.61. The quantitative estimate of drug-likeness (QED) is 0.749. The molecule has 2 amide bonds. The van der Waals surface area contributed by atoms with Crippen LogP contribution in [0.25, 0.3) is 0 Å². The van der Waals surface area contributed by atoms with E-state index in [0.717, 1.165) is 5.69 Å². The molecule has 0 N–H and O–H groups in total. The van der Waals surface area contributed by atoms with Crippen LogP contribution in [0.5, 0.6) is 0 Å². The number of rotatable bonds is 2. The van der Waals surface area contributed by atoms with Crippen LogP contribution in [0.4, 0.5) is 4.79 Å². The number of carbonyl (C=O) groups is 1. The van der Waals surface area contributed by atoms with Gasteiger partial charge in [0.15, 0.2) is 15.7 Å². The van der Waals surface area contributed by atoms with Crippen LogP contribution in [-0.2, 0) is 16.4 Å². The Morgan fingerprint density at radius 3 is 2.65 bits per heavy atom. The highest BCUT2D eigenvalue weighted by Gasteiger charge is 2.48. The summed E-state index contributed by atoms with van der Waals surface area (Å²) in [6.45, 7) is 3.46. The number of urea groups is 1. The molecule has 23 heavy (non-hydrogen) atoms. The number of nitrogens with zero attached hydrogens (tertiary/aromatic N) is 4. The van der Waals surface area contributed by atoms with Gasteiger partial charge in [0.25, 0.3) is 0 Å². The Kier molecular flexibility index (Phi) is 4.09. The molecule has 0 bridgehead atoms. The fourth-order valence-electron chi connectivity index (χ4n) is 3.40. The molecule has 2 atom stereocenters. The zero-order valence-electron chi connectivity index (χ0n) is 13.6. The minimum Gasteiger partial charge on any atom is -0.449 e. The molecule has 2 saturated heterocycles. The maximum absolute atomic E-state index is 12.3. The summed E-state index contributed by atoms with van der Waals surface area (Å²) in [6.07, 6.45) is 1.60. The third-order valence-electron chi connectivity index (χ3n) is 4.45. The number of amides is 2. The van der Waals surface area contributed by atoms with Gasteiger partial charge in [-0.15, -0.1) is 0 Å². The fourth-order valence-corrected chi connectivity index (χ4v) is 5.42. The normalized spacial score (nSPS) is 27.0. The van der Waals surface area contributed by atoms with E-state index in [4.69, 9.17) is 4.42 Å². The van der Waals surface area contributed by atoms with Crippen LogP contribution in [0.2, 0.25) is 0 Å². The Balaban J connectivity index is 1.82. The minimum absolute atomic E-state index is 0.0333. The van der Waals surface area contributed by atoms with E-state index in [1.54, 1.807) is 32.2 Å². The Labute approximate surface area is 136 Å². The predicted molar refractivity (Wildman–Crippen MR) is 83.7 cm³/mol. The first-order valence-corrected chi connectivity index (χ1v) is 9.42. The molecule has 0 spiro atoms. The lowest BCUT2D eigenvalue weighted by Crippen LogP contribution is -2.61. The van der Waals surface area contributed by atoms with Crippen molar-refractivity contribution in [2.75, 3.05) is 38.7 Å². The third-order valence-corrected chi connectivity index (χ3v) is 6.15. The molecule has 3 rings (SSSR count). The summed E-state index contributed by atoms with van der Waals surface area (Å²) >= 11 is 0. The second-order valence-electron chi connectivity index (χ2n) is 6.41. The standard InChI is InChI=1S/C14H22N4O4S/c1-10-15-11(7-22-10)6-17-4-5-18(14(19)16(2)3)13-9-23(20,21)8-12(13)17/h7,12-13H,4-6,8-9H2,1-3H3/t12-,13+/m0/s1. The minimum atomic E-state index is -3.14. The molecule has 1 aromatic heterocycles. The Morgan fingerprint density at radius 2 is 2.04 bits per heavy atom. The molecule has 0 radical (unpaired) electrons. The van der Waals surface area contributed by atoms with Gasteiger partial charge in [0.1, 0.15) is 6.26 Å². The molecule has 2 fully saturated rings. The first-order valence-electron chi connectivity index (χ1n) is 7.60. The second kappa shape index (κ2) is 5.79. The van der Waals surface area contributed by atoms with Crippen molar-refractivity contribution in [1.29, 1.82) is 0 Å². The smallest absolute Gasteiger partial charge is 0.319 e. The van der Waals surface area contributed by atoms with Crippen molar-refractivity contribution in [3.8, 4) is 0 Å². The topological polar surface area (TPSA) is 87.0 Å². The average molecular weight is 342 g/mol. The van der Waals surface area contributed by atoms with Crippen LogP contribution in [0.1, 0.15) is 11.6 Å². The number of hydrogen-bond acceptors (Lipinski definition) is 6. The maximum atomic E-state index is 12.3. The summed E-state index contributed by atoms with van der Waals surface area (Å²) in [5.41, 5.74) is 0.790. The van der Waals surface area contributed by atoms with Gasteiger partial charge in [-0.05, 0) is 0 Å². The molecule has 8 nitrogen and oxygen atoms in total. The highest BCUT2D eigenvalue weighted by Crippen LogP contribution is 2.28. The second-order valence-corrected chi connectivity index (χ2v) is 8.56. The average Bonchev–Trinajstić information content (AvgIpc) is 3.00. The van der Waals surface area contributed by atoms with Crippen molar-refractivity contribution in [3.05, 3.63) is 17.8 Å². The molecule has 128 valence electrons. The van der Waals surface area contributed by atoms with E-state index in [-0.39, 0.29) is 29.6 Å². The van der Waals surface area contributed by atoms with Crippen molar-refractivity contribution in [2.24, 2.45) is 0 Å². The Morgan fingerprint density at radius 1 is 1.35 bits per heavy atom. The van der Waals surface area contributed by atoms with Crippen LogP contribution in [-0.4, -0.2) is 84.9 Å². The number of oxazole rings is 1. The number of fused-ring (bicyclic) bond motifs is 1. The number of carbonyl (C=O) groups excluding carboxylic acids is 1. The van der Waals surface area contributed by atoms with Gasteiger partial charge in [0.05, 0.1) is 23.2 Å². The van der Waals surface area contributed by atoms with Crippen LogP contribution < -0.4 is 0 Å². The van der Waals surface area contributed by atoms with Gasteiger partial charge in [0, 0.05) is 46.7 Å². The fraction of sp³-hybridized carbons (Fsp3) is 0.714. The van der Waals surface area contributed by atoms with Crippen molar-refractivity contribution < 1.29 is 17.6 Å². The van der Waals surface area contributed by atoms with Crippen LogP contribution in [0.3, 0.4) is 0 Å². The summed E-state index contributed by atoms with van der Waals surface area (Å²) in [7, 11) is 0.233. The molecule has 3 heterocycles. The molecule has 9 heteroatoms. The number of aryl methyl sites for hydroxylation is 1. The zero-order valence-corrected chi connectivity index (χ0v) is 14.4. The maximum Gasteiger partial charge on any atom is 0.319 e. The number of sulfone groups is 1. The molecule has 1 aromatic rings. The van der Waals surface area contributed by atoms with Gasteiger partial charge in [-0.2, -0.15) is 0 Å². The van der Waals surface area contributed by atoms with Crippen molar-refractivity contribution in [3.63, 3.8) is 0 Å². The summed E-state index contributed by atoms with van der Waals surface area (Å²) in [4.78, 5) is 21.9. The van der Waals surface area contributed by atoms with E-state index >= 15 is 0 Å². The van der Waals surface area contributed by atoms with E-state index in [2.05, 4.69) is 9.88 Å². The van der Waals surface area contributed by atoms with E-state index in [0.29, 0.717) is 25.5 Å². The van der Waals surface area contributed by atoms with E-state index in [1.165, 1.54) is 4.90 Å². The van der Waals surface area contributed by atoms with Crippen LogP contribution in [0, 0.1) is 6.92 Å². The SMILES string of the molecule is Cc1nc(CN2CCN(C(=O)N(C)C)[C@@H]3CS(=O)(=O)C[C@@H]32)co1. The summed E-state index contributed by atoms with van der Waals surface area (Å²) < 4.78 is 29.5. The first kappa shape index (κ1) is 16.3. The zero-order chi connectivity index (χ0) is 16.8. The first-order chi connectivity index (χ1) is 10.8. The lowest BCUT2D eigenvalue weighted by Gasteiger charge is -2.44. The summed E-state index contributed by atoms with van der Waals surface area (Å²) in [5.74, 6) is 0.717. The molecular formula is C14H22N4O4S. The number of hydrogen-bond donors (Lipinski definition) is 0.